The number of carboxylic acids is 1. The highest BCUT2D eigenvalue weighted by Gasteiger charge is 2.17. The second-order valence-electron chi connectivity index (χ2n) is 3.72. The summed E-state index contributed by atoms with van der Waals surface area (Å²) < 4.78 is 27.5. The van der Waals surface area contributed by atoms with Gasteiger partial charge in [0, 0.05) is 19.4 Å². The van der Waals surface area contributed by atoms with Crippen LogP contribution >= 0.6 is 0 Å². The van der Waals surface area contributed by atoms with E-state index in [2.05, 4.69) is 14.8 Å². The summed E-state index contributed by atoms with van der Waals surface area (Å²) in [6, 6.07) is 1.18. The fourth-order valence-electron chi connectivity index (χ4n) is 1.36. The first kappa shape index (κ1) is 13.0. The summed E-state index contributed by atoms with van der Waals surface area (Å²) in [6.07, 6.45) is 4.87. The molecule has 0 atom stereocenters. The Bertz CT molecular complexity index is 723. The SMILES string of the molecule is Cn1cc(S(=O)(=O)Nc2cncc(C(=O)O)c2)cn1. The minimum Gasteiger partial charge on any atom is -0.478 e. The van der Waals surface area contributed by atoms with E-state index in [0.29, 0.717) is 0 Å². The zero-order valence-corrected chi connectivity index (χ0v) is 10.6. The van der Waals surface area contributed by atoms with Crippen LogP contribution in [-0.4, -0.2) is 34.3 Å². The molecule has 0 aromatic carbocycles. The van der Waals surface area contributed by atoms with Crippen LogP contribution in [0.2, 0.25) is 0 Å². The summed E-state index contributed by atoms with van der Waals surface area (Å²) >= 11 is 0. The number of pyridine rings is 1. The van der Waals surface area contributed by atoms with Gasteiger partial charge in [0.2, 0.25) is 0 Å². The van der Waals surface area contributed by atoms with Crippen LogP contribution in [0.1, 0.15) is 10.4 Å². The van der Waals surface area contributed by atoms with Crippen molar-refractivity contribution in [2.75, 3.05) is 4.72 Å². The second kappa shape index (κ2) is 4.69. The molecule has 9 heteroatoms. The molecule has 0 fully saturated rings. The van der Waals surface area contributed by atoms with Crippen molar-refractivity contribution in [1.29, 1.82) is 0 Å². The van der Waals surface area contributed by atoms with E-state index in [4.69, 9.17) is 5.11 Å². The van der Waals surface area contributed by atoms with Crippen molar-refractivity contribution in [1.82, 2.24) is 14.8 Å². The summed E-state index contributed by atoms with van der Waals surface area (Å²) in [4.78, 5) is 14.4. The van der Waals surface area contributed by atoms with Gasteiger partial charge in [0.15, 0.2) is 0 Å². The number of anilines is 1. The summed E-state index contributed by atoms with van der Waals surface area (Å²) in [5, 5.41) is 12.6. The van der Waals surface area contributed by atoms with Gasteiger partial charge in [-0.25, -0.2) is 13.2 Å². The number of aromatic nitrogens is 3. The van der Waals surface area contributed by atoms with Crippen molar-refractivity contribution < 1.29 is 18.3 Å². The number of aromatic carboxylic acids is 1. The molecular formula is C10H10N4O4S. The smallest absolute Gasteiger partial charge is 0.337 e. The lowest BCUT2D eigenvalue weighted by Crippen LogP contribution is -2.13. The van der Waals surface area contributed by atoms with E-state index in [-0.39, 0.29) is 16.1 Å². The Hall–Kier alpha value is -2.42. The quantitative estimate of drug-likeness (QED) is 0.834. The summed E-state index contributed by atoms with van der Waals surface area (Å²) in [5.74, 6) is -1.19. The van der Waals surface area contributed by atoms with Gasteiger partial charge >= 0.3 is 5.97 Å². The minimum atomic E-state index is -3.80. The molecule has 0 saturated heterocycles. The van der Waals surface area contributed by atoms with Gasteiger partial charge in [-0.15, -0.1) is 0 Å². The fourth-order valence-corrected chi connectivity index (χ4v) is 2.38. The molecule has 0 aliphatic carbocycles. The Labute approximate surface area is 108 Å². The molecule has 0 bridgehead atoms. The highest BCUT2D eigenvalue weighted by molar-refractivity contribution is 7.92. The largest absolute Gasteiger partial charge is 0.478 e. The van der Waals surface area contributed by atoms with Gasteiger partial charge in [-0.05, 0) is 6.07 Å². The maximum Gasteiger partial charge on any atom is 0.337 e. The lowest BCUT2D eigenvalue weighted by molar-refractivity contribution is 0.0696. The molecule has 0 unspecified atom stereocenters. The first-order valence-corrected chi connectivity index (χ1v) is 6.56. The highest BCUT2D eigenvalue weighted by Crippen LogP contribution is 2.15. The standard InChI is InChI=1S/C10H10N4O4S/c1-14-6-9(5-12-14)19(17,18)13-8-2-7(10(15)16)3-11-4-8/h2-6,13H,1H3,(H,15,16). The second-order valence-corrected chi connectivity index (χ2v) is 5.41. The van der Waals surface area contributed by atoms with E-state index in [9.17, 15) is 13.2 Å². The summed E-state index contributed by atoms with van der Waals surface area (Å²) in [7, 11) is -2.21. The third kappa shape index (κ3) is 2.88. The van der Waals surface area contributed by atoms with Gasteiger partial charge in [-0.3, -0.25) is 14.4 Å². The number of rotatable bonds is 4. The topological polar surface area (TPSA) is 114 Å². The Kier molecular flexibility index (Phi) is 3.21. The van der Waals surface area contributed by atoms with E-state index < -0.39 is 16.0 Å². The number of carbonyl (C=O) groups is 1. The average Bonchev–Trinajstić information content (AvgIpc) is 2.76. The van der Waals surface area contributed by atoms with Crippen molar-refractivity contribution in [2.24, 2.45) is 7.05 Å². The molecule has 0 aliphatic rings. The van der Waals surface area contributed by atoms with Crippen LogP contribution in [0.4, 0.5) is 5.69 Å². The molecule has 2 aromatic heterocycles. The van der Waals surface area contributed by atoms with Crippen LogP contribution in [0.15, 0.2) is 35.7 Å². The molecule has 19 heavy (non-hydrogen) atoms. The first-order chi connectivity index (χ1) is 8.88. The molecule has 0 amide bonds. The van der Waals surface area contributed by atoms with E-state index >= 15 is 0 Å². The van der Waals surface area contributed by atoms with Crippen molar-refractivity contribution in [3.8, 4) is 0 Å². The zero-order valence-electron chi connectivity index (χ0n) is 9.81. The van der Waals surface area contributed by atoms with Crippen molar-refractivity contribution in [3.05, 3.63) is 36.4 Å². The average molecular weight is 282 g/mol. The third-order valence-electron chi connectivity index (χ3n) is 2.23. The minimum absolute atomic E-state index is 0.0178. The number of hydrogen-bond acceptors (Lipinski definition) is 5. The number of nitrogens with one attached hydrogen (secondary N) is 1. The Morgan fingerprint density at radius 1 is 1.37 bits per heavy atom. The Morgan fingerprint density at radius 3 is 2.68 bits per heavy atom. The molecule has 2 heterocycles. The van der Waals surface area contributed by atoms with Crippen LogP contribution in [0, 0.1) is 0 Å². The summed E-state index contributed by atoms with van der Waals surface area (Å²) in [6.45, 7) is 0. The van der Waals surface area contributed by atoms with Crippen LogP contribution in [0.25, 0.3) is 0 Å². The van der Waals surface area contributed by atoms with E-state index in [1.54, 1.807) is 7.05 Å². The summed E-state index contributed by atoms with van der Waals surface area (Å²) in [5.41, 5.74) is -0.0323. The lowest BCUT2D eigenvalue weighted by atomic mass is 10.3. The van der Waals surface area contributed by atoms with Crippen LogP contribution in [-0.2, 0) is 17.1 Å². The van der Waals surface area contributed by atoms with E-state index in [0.717, 1.165) is 6.20 Å². The van der Waals surface area contributed by atoms with E-state index in [1.165, 1.54) is 29.3 Å². The number of sulfonamides is 1. The van der Waals surface area contributed by atoms with E-state index in [1.807, 2.05) is 0 Å². The lowest BCUT2D eigenvalue weighted by Gasteiger charge is -2.06. The van der Waals surface area contributed by atoms with Gasteiger partial charge in [0.1, 0.15) is 4.90 Å². The van der Waals surface area contributed by atoms with Crippen LogP contribution < -0.4 is 4.72 Å². The van der Waals surface area contributed by atoms with Gasteiger partial charge in [0.05, 0.1) is 23.6 Å². The molecule has 2 N–H and O–H groups in total. The Balaban J connectivity index is 2.30. The van der Waals surface area contributed by atoms with Crippen LogP contribution in [0.5, 0.6) is 0 Å². The number of hydrogen-bond donors (Lipinski definition) is 2. The van der Waals surface area contributed by atoms with Crippen LogP contribution in [0.3, 0.4) is 0 Å². The predicted molar refractivity (Wildman–Crippen MR) is 65.2 cm³/mol. The maximum absolute atomic E-state index is 12.0. The predicted octanol–water partition coefficient (Wildman–Crippen LogP) is 0.314. The molecule has 0 radical (unpaired) electrons. The normalized spacial score (nSPS) is 11.2. The van der Waals surface area contributed by atoms with Gasteiger partial charge in [0.25, 0.3) is 10.0 Å². The molecular weight excluding hydrogens is 272 g/mol. The molecule has 2 rings (SSSR count). The zero-order chi connectivity index (χ0) is 14.0. The van der Waals surface area contributed by atoms with Crippen molar-refractivity contribution in [3.63, 3.8) is 0 Å². The fraction of sp³-hybridized carbons (Fsp3) is 0.100. The molecule has 8 nitrogen and oxygen atoms in total. The third-order valence-corrected chi connectivity index (χ3v) is 3.56. The van der Waals surface area contributed by atoms with Crippen molar-refractivity contribution >= 4 is 21.7 Å². The molecule has 100 valence electrons. The number of carboxylic acid groups (broad SMARTS) is 1. The molecule has 2 aromatic rings. The molecule has 0 spiro atoms. The van der Waals surface area contributed by atoms with Gasteiger partial charge in [-0.1, -0.05) is 0 Å². The molecule has 0 aliphatic heterocycles. The van der Waals surface area contributed by atoms with Gasteiger partial charge in [-0.2, -0.15) is 5.10 Å². The maximum atomic E-state index is 12.0. The Morgan fingerprint density at radius 2 is 2.11 bits per heavy atom. The number of aryl methyl sites for hydroxylation is 1. The first-order valence-electron chi connectivity index (χ1n) is 5.08. The molecule has 0 saturated carbocycles. The van der Waals surface area contributed by atoms with Crippen molar-refractivity contribution in [2.45, 2.75) is 4.90 Å². The van der Waals surface area contributed by atoms with Gasteiger partial charge < -0.3 is 5.11 Å². The monoisotopic (exact) mass is 282 g/mol. The number of nitrogens with zero attached hydrogens (tertiary/aromatic N) is 3. The highest BCUT2D eigenvalue weighted by atomic mass is 32.2.